The molecule has 0 bridgehead atoms. The van der Waals surface area contributed by atoms with E-state index >= 15 is 0 Å². The molecule has 0 fully saturated rings. The van der Waals surface area contributed by atoms with Crippen LogP contribution in [0.1, 0.15) is 27.7 Å². The van der Waals surface area contributed by atoms with E-state index in [0.29, 0.717) is 5.70 Å². The number of alkyl halides is 3. The van der Waals surface area contributed by atoms with Gasteiger partial charge in [0, 0.05) is 31.9 Å². The number of halogens is 3. The Morgan fingerprint density at radius 2 is 1.95 bits per heavy atom. The standard InChI is InChI=1S/C15H22F3N3O/c1-9-6-13(7-21(5)11(9)3)20-10(2)14(12(4)22)19-8-15(16,17)18/h6-7,11,19-20H,8H2,1-5H3/b14-10-. The monoisotopic (exact) mass is 317 g/mol. The lowest BCUT2D eigenvalue weighted by Gasteiger charge is -2.29. The number of hydrogen-bond acceptors (Lipinski definition) is 4. The molecule has 2 N–H and O–H groups in total. The highest BCUT2D eigenvalue weighted by molar-refractivity contribution is 5.93. The molecule has 0 aromatic heterocycles. The second kappa shape index (κ2) is 6.89. The van der Waals surface area contributed by atoms with E-state index in [9.17, 15) is 18.0 Å². The van der Waals surface area contributed by atoms with Crippen molar-refractivity contribution in [1.82, 2.24) is 15.5 Å². The van der Waals surface area contributed by atoms with Gasteiger partial charge in [-0.3, -0.25) is 4.79 Å². The average molecular weight is 317 g/mol. The van der Waals surface area contributed by atoms with Crippen LogP contribution in [-0.4, -0.2) is 36.5 Å². The Labute approximate surface area is 128 Å². The zero-order chi connectivity index (χ0) is 17.1. The molecule has 1 unspecified atom stereocenters. The molecule has 0 spiro atoms. The van der Waals surface area contributed by atoms with Crippen molar-refractivity contribution in [2.24, 2.45) is 0 Å². The van der Waals surface area contributed by atoms with Gasteiger partial charge in [-0.25, -0.2) is 0 Å². The molecule has 0 saturated heterocycles. The fourth-order valence-corrected chi connectivity index (χ4v) is 2.11. The Kier molecular flexibility index (Phi) is 5.68. The fourth-order valence-electron chi connectivity index (χ4n) is 2.11. The zero-order valence-corrected chi connectivity index (χ0v) is 13.4. The van der Waals surface area contributed by atoms with Crippen molar-refractivity contribution in [1.29, 1.82) is 0 Å². The number of carbonyl (C=O) groups excluding carboxylic acids is 1. The van der Waals surface area contributed by atoms with Crippen LogP contribution in [0.2, 0.25) is 0 Å². The molecule has 0 aliphatic carbocycles. The van der Waals surface area contributed by atoms with Crippen LogP contribution in [0.3, 0.4) is 0 Å². The smallest absolute Gasteiger partial charge is 0.372 e. The van der Waals surface area contributed by atoms with Crippen LogP contribution in [0.25, 0.3) is 0 Å². The van der Waals surface area contributed by atoms with Crippen molar-refractivity contribution < 1.29 is 18.0 Å². The van der Waals surface area contributed by atoms with Crippen LogP contribution >= 0.6 is 0 Å². The topological polar surface area (TPSA) is 44.4 Å². The summed E-state index contributed by atoms with van der Waals surface area (Å²) in [5.74, 6) is -0.451. The van der Waals surface area contributed by atoms with E-state index in [-0.39, 0.29) is 11.7 Å². The van der Waals surface area contributed by atoms with Crippen molar-refractivity contribution >= 4 is 5.78 Å². The maximum atomic E-state index is 12.3. The highest BCUT2D eigenvalue weighted by Gasteiger charge is 2.28. The minimum absolute atomic E-state index is 0.0643. The molecule has 0 aromatic rings. The fraction of sp³-hybridized carbons (Fsp3) is 0.533. The van der Waals surface area contributed by atoms with Crippen molar-refractivity contribution in [3.8, 4) is 0 Å². The van der Waals surface area contributed by atoms with E-state index in [4.69, 9.17) is 0 Å². The third-order valence-electron chi connectivity index (χ3n) is 3.52. The summed E-state index contributed by atoms with van der Waals surface area (Å²) in [4.78, 5) is 13.5. The molecule has 124 valence electrons. The Hall–Kier alpha value is -1.92. The molecular weight excluding hydrogens is 295 g/mol. The molecule has 0 radical (unpaired) electrons. The van der Waals surface area contributed by atoms with E-state index in [2.05, 4.69) is 10.6 Å². The SMILES string of the molecule is CC(=O)/C(NCC(F)(F)F)=C(\C)NC1=CN(C)C(C)C(C)=C1. The number of rotatable bonds is 5. The normalized spacial score (nSPS) is 20.0. The third kappa shape index (κ3) is 5.13. The second-order valence-electron chi connectivity index (χ2n) is 5.46. The summed E-state index contributed by atoms with van der Waals surface area (Å²) < 4.78 is 36.9. The summed E-state index contributed by atoms with van der Waals surface area (Å²) in [6, 6.07) is 0.255. The van der Waals surface area contributed by atoms with E-state index in [0.717, 1.165) is 11.3 Å². The molecular formula is C15H22F3N3O. The molecule has 0 amide bonds. The Morgan fingerprint density at radius 3 is 2.41 bits per heavy atom. The van der Waals surface area contributed by atoms with Gasteiger partial charge in [-0.15, -0.1) is 0 Å². The van der Waals surface area contributed by atoms with Crippen molar-refractivity contribution in [3.63, 3.8) is 0 Å². The highest BCUT2D eigenvalue weighted by atomic mass is 19.4. The van der Waals surface area contributed by atoms with Gasteiger partial charge < -0.3 is 15.5 Å². The summed E-state index contributed by atoms with van der Waals surface area (Å²) in [5, 5.41) is 5.15. The first-order valence-corrected chi connectivity index (χ1v) is 6.92. The Morgan fingerprint density at radius 1 is 1.36 bits per heavy atom. The Balaban J connectivity index is 2.92. The van der Waals surface area contributed by atoms with Crippen LogP contribution < -0.4 is 10.6 Å². The number of Topliss-reactive ketones (excluding diaryl/α,β-unsaturated/α-hetero) is 1. The summed E-state index contributed by atoms with van der Waals surface area (Å²) in [5.41, 5.74) is 2.14. The number of ketones is 1. The second-order valence-corrected chi connectivity index (χ2v) is 5.46. The molecule has 1 rings (SSSR count). The predicted molar refractivity (Wildman–Crippen MR) is 79.6 cm³/mol. The molecule has 1 heterocycles. The minimum atomic E-state index is -4.38. The molecule has 1 aliphatic rings. The van der Waals surface area contributed by atoms with Crippen LogP contribution in [-0.2, 0) is 4.79 Å². The maximum absolute atomic E-state index is 12.3. The van der Waals surface area contributed by atoms with Crippen molar-refractivity contribution in [3.05, 3.63) is 34.9 Å². The van der Waals surface area contributed by atoms with Gasteiger partial charge in [-0.05, 0) is 32.4 Å². The molecule has 0 aromatic carbocycles. The van der Waals surface area contributed by atoms with Gasteiger partial charge in [-0.2, -0.15) is 13.2 Å². The number of carbonyl (C=O) groups is 1. The van der Waals surface area contributed by atoms with E-state index in [1.165, 1.54) is 6.92 Å². The lowest BCUT2D eigenvalue weighted by molar-refractivity contribution is -0.124. The van der Waals surface area contributed by atoms with Gasteiger partial charge in [0.05, 0.1) is 11.4 Å². The first kappa shape index (κ1) is 18.1. The zero-order valence-electron chi connectivity index (χ0n) is 13.4. The maximum Gasteiger partial charge on any atom is 0.405 e. The van der Waals surface area contributed by atoms with Crippen LogP contribution in [0, 0.1) is 0 Å². The number of nitrogens with one attached hydrogen (secondary N) is 2. The molecule has 4 nitrogen and oxygen atoms in total. The average Bonchev–Trinajstić information content (AvgIpc) is 2.34. The first-order valence-electron chi connectivity index (χ1n) is 6.92. The molecule has 0 saturated carbocycles. The van der Waals surface area contributed by atoms with Crippen LogP contribution in [0.4, 0.5) is 13.2 Å². The van der Waals surface area contributed by atoms with E-state index in [1.807, 2.05) is 38.1 Å². The molecule has 7 heteroatoms. The first-order chi connectivity index (χ1) is 10.0. The summed E-state index contributed by atoms with van der Waals surface area (Å²) >= 11 is 0. The van der Waals surface area contributed by atoms with Gasteiger partial charge in [0.25, 0.3) is 0 Å². The van der Waals surface area contributed by atoms with E-state index in [1.54, 1.807) is 6.92 Å². The van der Waals surface area contributed by atoms with Gasteiger partial charge >= 0.3 is 6.18 Å². The van der Waals surface area contributed by atoms with Gasteiger partial charge in [0.1, 0.15) is 6.54 Å². The molecule has 22 heavy (non-hydrogen) atoms. The quantitative estimate of drug-likeness (QED) is 0.765. The van der Waals surface area contributed by atoms with Crippen LogP contribution in [0.15, 0.2) is 34.9 Å². The highest BCUT2D eigenvalue weighted by Crippen LogP contribution is 2.18. The number of allylic oxidation sites excluding steroid dienone is 3. The largest absolute Gasteiger partial charge is 0.405 e. The number of hydrogen-bond donors (Lipinski definition) is 2. The summed E-state index contributed by atoms with van der Waals surface area (Å²) in [6.45, 7) is 5.58. The molecule has 1 aliphatic heterocycles. The minimum Gasteiger partial charge on any atom is -0.372 e. The van der Waals surface area contributed by atoms with Gasteiger partial charge in [0.15, 0.2) is 5.78 Å². The summed E-state index contributed by atoms with van der Waals surface area (Å²) in [7, 11) is 1.91. The lowest BCUT2D eigenvalue weighted by atomic mass is 10.1. The lowest BCUT2D eigenvalue weighted by Crippen LogP contribution is -2.34. The number of nitrogens with zero attached hydrogens (tertiary/aromatic N) is 1. The van der Waals surface area contributed by atoms with Crippen molar-refractivity contribution in [2.45, 2.75) is 39.9 Å². The summed E-state index contributed by atoms with van der Waals surface area (Å²) in [6.07, 6.45) is -0.615. The third-order valence-corrected chi connectivity index (χ3v) is 3.52. The number of likely N-dealkylation sites (N-methyl/N-ethyl adjacent to an activating group) is 1. The molecule has 1 atom stereocenters. The van der Waals surface area contributed by atoms with Gasteiger partial charge in [0.2, 0.25) is 0 Å². The van der Waals surface area contributed by atoms with Gasteiger partial charge in [-0.1, -0.05) is 0 Å². The van der Waals surface area contributed by atoms with E-state index < -0.39 is 18.5 Å². The Bertz CT molecular complexity index is 533. The predicted octanol–water partition coefficient (Wildman–Crippen LogP) is 2.67. The van der Waals surface area contributed by atoms with Crippen molar-refractivity contribution in [2.75, 3.05) is 13.6 Å². The van der Waals surface area contributed by atoms with Crippen LogP contribution in [0.5, 0.6) is 0 Å².